The summed E-state index contributed by atoms with van der Waals surface area (Å²) in [6.45, 7) is 0. The minimum absolute atomic E-state index is 0.0940. The van der Waals surface area contributed by atoms with Gasteiger partial charge >= 0.3 is 0 Å². The molecule has 2 aromatic carbocycles. The average Bonchev–Trinajstić information content (AvgIpc) is 3.52. The Morgan fingerprint density at radius 3 is 2.42 bits per heavy atom. The predicted molar refractivity (Wildman–Crippen MR) is 128 cm³/mol. The molecule has 1 aliphatic carbocycles. The van der Waals surface area contributed by atoms with Crippen LogP contribution in [0, 0.1) is 0 Å². The summed E-state index contributed by atoms with van der Waals surface area (Å²) >= 11 is 1.58. The van der Waals surface area contributed by atoms with E-state index in [9.17, 15) is 4.79 Å². The van der Waals surface area contributed by atoms with E-state index in [0.717, 1.165) is 26.9 Å². The summed E-state index contributed by atoms with van der Waals surface area (Å²) in [7, 11) is 3.24. The molecule has 2 heterocycles. The number of H-pyrrole nitrogens is 1. The van der Waals surface area contributed by atoms with E-state index < -0.39 is 0 Å². The van der Waals surface area contributed by atoms with Gasteiger partial charge in [0.15, 0.2) is 11.5 Å². The first kappa shape index (κ1) is 19.9. The van der Waals surface area contributed by atoms with Crippen LogP contribution in [0.25, 0.3) is 32.5 Å². The topological polar surface area (TPSA) is 51.3 Å². The zero-order chi connectivity index (χ0) is 21.4. The maximum Gasteiger partial charge on any atom is 0.257 e. The van der Waals surface area contributed by atoms with Gasteiger partial charge in [0.2, 0.25) is 0 Å². The van der Waals surface area contributed by atoms with Crippen molar-refractivity contribution in [1.29, 1.82) is 0 Å². The van der Waals surface area contributed by atoms with Crippen LogP contribution in [0.3, 0.4) is 0 Å². The molecule has 1 fully saturated rings. The third-order valence-electron chi connectivity index (χ3n) is 6.29. The Hall–Kier alpha value is -3.05. The number of thiophene rings is 1. The molecule has 4 aromatic rings. The number of aromatic amines is 1. The van der Waals surface area contributed by atoms with Gasteiger partial charge in [0.25, 0.3) is 5.56 Å². The molecule has 0 bridgehead atoms. The van der Waals surface area contributed by atoms with Crippen LogP contribution >= 0.6 is 11.3 Å². The van der Waals surface area contributed by atoms with Crippen LogP contribution in [-0.4, -0.2) is 19.2 Å². The molecule has 158 valence electrons. The van der Waals surface area contributed by atoms with Gasteiger partial charge in [-0.1, -0.05) is 43.2 Å². The molecule has 0 unspecified atom stereocenters. The summed E-state index contributed by atoms with van der Waals surface area (Å²) in [6.07, 6.45) is 5.06. The zero-order valence-electron chi connectivity index (χ0n) is 17.7. The van der Waals surface area contributed by atoms with Crippen molar-refractivity contribution in [3.8, 4) is 33.1 Å². The molecule has 0 spiro atoms. The smallest absolute Gasteiger partial charge is 0.257 e. The Morgan fingerprint density at radius 2 is 1.71 bits per heavy atom. The summed E-state index contributed by atoms with van der Waals surface area (Å²) in [5, 5.41) is 2.95. The molecule has 0 saturated heterocycles. The van der Waals surface area contributed by atoms with E-state index in [2.05, 4.69) is 29.2 Å². The first-order chi connectivity index (χ1) is 15.2. The number of hydrogen-bond donors (Lipinski definition) is 1. The van der Waals surface area contributed by atoms with Gasteiger partial charge in [-0.2, -0.15) is 0 Å². The number of fused-ring (bicyclic) bond motifs is 1. The van der Waals surface area contributed by atoms with Crippen LogP contribution in [-0.2, 0) is 0 Å². The minimum atomic E-state index is -0.0940. The van der Waals surface area contributed by atoms with Crippen molar-refractivity contribution >= 4 is 22.2 Å². The number of nitrogens with one attached hydrogen (secondary N) is 1. The molecule has 5 heteroatoms. The molecular formula is C26H25NO3S. The van der Waals surface area contributed by atoms with E-state index in [0.29, 0.717) is 23.0 Å². The van der Waals surface area contributed by atoms with E-state index in [1.807, 2.05) is 29.6 Å². The van der Waals surface area contributed by atoms with Crippen molar-refractivity contribution in [3.05, 3.63) is 69.8 Å². The van der Waals surface area contributed by atoms with Gasteiger partial charge in [-0.25, -0.2) is 0 Å². The monoisotopic (exact) mass is 431 g/mol. The summed E-state index contributed by atoms with van der Waals surface area (Å²) in [5.41, 5.74) is 4.73. The van der Waals surface area contributed by atoms with Crippen molar-refractivity contribution in [2.24, 2.45) is 0 Å². The Bertz CT molecular complexity index is 1280. The van der Waals surface area contributed by atoms with Gasteiger partial charge in [0, 0.05) is 21.9 Å². The summed E-state index contributed by atoms with van der Waals surface area (Å²) in [4.78, 5) is 17.3. The maximum absolute atomic E-state index is 13.3. The average molecular weight is 432 g/mol. The highest BCUT2D eigenvalue weighted by atomic mass is 32.1. The van der Waals surface area contributed by atoms with Gasteiger partial charge < -0.3 is 14.5 Å². The van der Waals surface area contributed by atoms with Crippen molar-refractivity contribution in [2.75, 3.05) is 14.2 Å². The minimum Gasteiger partial charge on any atom is -0.493 e. The standard InChI is InChI=1S/C26H25NO3S/c1-29-21-14-19-20(15-22(21)30-2)27-26(28)25(23-11-6-12-31-23)24(19)18-10-5-9-17(13-18)16-7-3-4-8-16/h5-6,9-16H,3-4,7-8H2,1-2H3,(H,27,28). The highest BCUT2D eigenvalue weighted by molar-refractivity contribution is 7.13. The molecule has 1 aliphatic rings. The number of benzene rings is 2. The molecule has 2 aromatic heterocycles. The predicted octanol–water partition coefficient (Wildman–Crippen LogP) is 6.60. The third-order valence-corrected chi connectivity index (χ3v) is 7.18. The fraction of sp³-hybridized carbons (Fsp3) is 0.269. The molecule has 0 radical (unpaired) electrons. The molecular weight excluding hydrogens is 406 g/mol. The Labute approximate surface area is 185 Å². The molecule has 1 saturated carbocycles. The van der Waals surface area contributed by atoms with Crippen LogP contribution in [0.15, 0.2) is 58.7 Å². The Kier molecular flexibility index (Phi) is 5.28. The number of rotatable bonds is 5. The van der Waals surface area contributed by atoms with Crippen LogP contribution < -0.4 is 15.0 Å². The van der Waals surface area contributed by atoms with Gasteiger partial charge in [0.05, 0.1) is 25.3 Å². The summed E-state index contributed by atoms with van der Waals surface area (Å²) in [6, 6.07) is 16.5. The van der Waals surface area contributed by atoms with E-state index in [1.165, 1.54) is 31.2 Å². The van der Waals surface area contributed by atoms with Gasteiger partial charge in [-0.3, -0.25) is 4.79 Å². The number of hydrogen-bond acceptors (Lipinski definition) is 4. The largest absolute Gasteiger partial charge is 0.493 e. The van der Waals surface area contributed by atoms with Crippen molar-refractivity contribution in [1.82, 2.24) is 4.98 Å². The summed E-state index contributed by atoms with van der Waals surface area (Å²) in [5.74, 6) is 1.85. The molecule has 31 heavy (non-hydrogen) atoms. The molecule has 5 rings (SSSR count). The fourth-order valence-electron chi connectivity index (χ4n) is 4.79. The van der Waals surface area contributed by atoms with Crippen LogP contribution in [0.4, 0.5) is 0 Å². The van der Waals surface area contributed by atoms with Crippen LogP contribution in [0.1, 0.15) is 37.2 Å². The number of methoxy groups -OCH3 is 2. The van der Waals surface area contributed by atoms with E-state index in [1.54, 1.807) is 25.6 Å². The van der Waals surface area contributed by atoms with E-state index in [-0.39, 0.29) is 5.56 Å². The lowest BCUT2D eigenvalue weighted by Gasteiger charge is -2.17. The van der Waals surface area contributed by atoms with Crippen molar-refractivity contribution < 1.29 is 9.47 Å². The maximum atomic E-state index is 13.3. The lowest BCUT2D eigenvalue weighted by Crippen LogP contribution is -2.11. The zero-order valence-corrected chi connectivity index (χ0v) is 18.6. The molecule has 0 atom stereocenters. The second kappa shape index (κ2) is 8.23. The lowest BCUT2D eigenvalue weighted by atomic mass is 9.90. The summed E-state index contributed by atoms with van der Waals surface area (Å²) < 4.78 is 11.1. The third kappa shape index (κ3) is 3.53. The van der Waals surface area contributed by atoms with Crippen molar-refractivity contribution in [3.63, 3.8) is 0 Å². The fourth-order valence-corrected chi connectivity index (χ4v) is 5.56. The number of pyridine rings is 1. The molecule has 0 aliphatic heterocycles. The lowest BCUT2D eigenvalue weighted by molar-refractivity contribution is 0.356. The van der Waals surface area contributed by atoms with Gasteiger partial charge in [-0.05, 0) is 47.4 Å². The normalized spacial score (nSPS) is 14.3. The van der Waals surface area contributed by atoms with Gasteiger partial charge in [-0.15, -0.1) is 11.3 Å². The quantitative estimate of drug-likeness (QED) is 0.387. The van der Waals surface area contributed by atoms with E-state index in [4.69, 9.17) is 9.47 Å². The SMILES string of the molecule is COc1cc2[nH]c(=O)c(-c3cccs3)c(-c3cccc(C4CCCC4)c3)c2cc1OC. The number of aromatic nitrogens is 1. The van der Waals surface area contributed by atoms with E-state index >= 15 is 0 Å². The molecule has 4 nitrogen and oxygen atoms in total. The Morgan fingerprint density at radius 1 is 0.935 bits per heavy atom. The highest BCUT2D eigenvalue weighted by Gasteiger charge is 2.22. The van der Waals surface area contributed by atoms with Crippen LogP contribution in [0.5, 0.6) is 11.5 Å². The Balaban J connectivity index is 1.83. The van der Waals surface area contributed by atoms with Crippen molar-refractivity contribution in [2.45, 2.75) is 31.6 Å². The first-order valence-corrected chi connectivity index (χ1v) is 11.5. The highest BCUT2D eigenvalue weighted by Crippen LogP contribution is 2.42. The molecule has 1 N–H and O–H groups in total. The number of ether oxygens (including phenoxy) is 2. The second-order valence-electron chi connectivity index (χ2n) is 8.04. The molecule has 0 amide bonds. The van der Waals surface area contributed by atoms with Gasteiger partial charge in [0.1, 0.15) is 0 Å². The second-order valence-corrected chi connectivity index (χ2v) is 8.99. The van der Waals surface area contributed by atoms with Crippen LogP contribution in [0.2, 0.25) is 0 Å². The first-order valence-electron chi connectivity index (χ1n) is 10.7.